The van der Waals surface area contributed by atoms with Gasteiger partial charge < -0.3 is 5.11 Å². The number of carbonyl (C=O) groups excluding carboxylic acids is 2. The predicted molar refractivity (Wildman–Crippen MR) is 134 cm³/mol. The van der Waals surface area contributed by atoms with Crippen LogP contribution in [0.4, 0.5) is 5.69 Å². The molecular formula is C27H19ClN2O3S. The minimum Gasteiger partial charge on any atom is -0.503 e. The number of aliphatic hydroxyl groups excluding tert-OH is 1. The van der Waals surface area contributed by atoms with Gasteiger partial charge in [-0.05, 0) is 36.8 Å². The average molecular weight is 487 g/mol. The number of thiazole rings is 1. The lowest BCUT2D eigenvalue weighted by Gasteiger charge is -2.27. The Balaban J connectivity index is 1.63. The number of aryl methyl sites for hydroxylation is 1. The van der Waals surface area contributed by atoms with Gasteiger partial charge in [-0.15, -0.1) is 11.3 Å². The van der Waals surface area contributed by atoms with Crippen LogP contribution < -0.4 is 4.90 Å². The standard InChI is InChI=1S/C27H19ClN2O3S/c1-16-25(34-26(29-16)18-8-4-2-5-9-18)23(31)21-22(17-12-14-19(28)15-13-17)30(27(33)24(21)32)20-10-6-3-7-11-20/h2-15,22,32H,1H3. The third-order valence-electron chi connectivity index (χ3n) is 5.70. The number of Topliss-reactive ketones (excluding diaryl/α,β-unsaturated/α-hetero) is 1. The maximum Gasteiger partial charge on any atom is 0.294 e. The van der Waals surface area contributed by atoms with Crippen LogP contribution in [0.3, 0.4) is 0 Å². The Morgan fingerprint density at radius 1 is 0.971 bits per heavy atom. The molecule has 0 bridgehead atoms. The molecule has 0 radical (unpaired) electrons. The van der Waals surface area contributed by atoms with Gasteiger partial charge in [-0.1, -0.05) is 72.3 Å². The average Bonchev–Trinajstić information content (AvgIpc) is 3.38. The molecule has 34 heavy (non-hydrogen) atoms. The number of aromatic nitrogens is 1. The van der Waals surface area contributed by atoms with Crippen LogP contribution in [0.5, 0.6) is 0 Å². The maximum absolute atomic E-state index is 13.8. The molecule has 1 N–H and O–H groups in total. The summed E-state index contributed by atoms with van der Waals surface area (Å²) in [5.74, 6) is -1.59. The monoisotopic (exact) mass is 486 g/mol. The fourth-order valence-corrected chi connectivity index (χ4v) is 5.24. The van der Waals surface area contributed by atoms with E-state index in [9.17, 15) is 14.7 Å². The molecule has 2 heterocycles. The lowest BCUT2D eigenvalue weighted by atomic mass is 9.95. The first-order chi connectivity index (χ1) is 16.5. The highest BCUT2D eigenvalue weighted by Crippen LogP contribution is 2.43. The predicted octanol–water partition coefficient (Wildman–Crippen LogP) is 6.55. The van der Waals surface area contributed by atoms with Crippen molar-refractivity contribution in [2.45, 2.75) is 13.0 Å². The number of anilines is 1. The fraction of sp³-hybridized carbons (Fsp3) is 0.0741. The second kappa shape index (κ2) is 8.89. The topological polar surface area (TPSA) is 70.5 Å². The van der Waals surface area contributed by atoms with Crippen molar-refractivity contribution >= 4 is 40.3 Å². The van der Waals surface area contributed by atoms with E-state index in [-0.39, 0.29) is 5.57 Å². The molecule has 1 aliphatic heterocycles. The highest BCUT2D eigenvalue weighted by atomic mass is 35.5. The minimum absolute atomic E-state index is 0.0301. The molecule has 1 atom stereocenters. The number of hydrogen-bond acceptors (Lipinski definition) is 5. The van der Waals surface area contributed by atoms with Gasteiger partial charge in [0, 0.05) is 16.3 Å². The highest BCUT2D eigenvalue weighted by Gasteiger charge is 2.45. The molecule has 1 amide bonds. The quantitative estimate of drug-likeness (QED) is 0.324. The van der Waals surface area contributed by atoms with E-state index in [0.29, 0.717) is 31.9 Å². The van der Waals surface area contributed by atoms with Crippen molar-refractivity contribution in [1.29, 1.82) is 0 Å². The summed E-state index contributed by atoms with van der Waals surface area (Å²) in [5.41, 5.74) is 2.72. The lowest BCUT2D eigenvalue weighted by molar-refractivity contribution is -0.117. The van der Waals surface area contributed by atoms with Crippen LogP contribution in [0.1, 0.15) is 27.0 Å². The van der Waals surface area contributed by atoms with Crippen LogP contribution in [0.2, 0.25) is 5.02 Å². The normalized spacial score (nSPS) is 15.8. The Morgan fingerprint density at radius 3 is 2.24 bits per heavy atom. The SMILES string of the molecule is Cc1nc(-c2ccccc2)sc1C(=O)C1=C(O)C(=O)N(c2ccccc2)C1c1ccc(Cl)cc1. The van der Waals surface area contributed by atoms with Gasteiger partial charge in [-0.25, -0.2) is 4.98 Å². The number of amides is 1. The number of nitrogens with zero attached hydrogens (tertiary/aromatic N) is 2. The number of aliphatic hydroxyl groups is 1. The third-order valence-corrected chi connectivity index (χ3v) is 7.15. The fourth-order valence-electron chi connectivity index (χ4n) is 4.09. The van der Waals surface area contributed by atoms with Crippen molar-refractivity contribution in [3.63, 3.8) is 0 Å². The smallest absolute Gasteiger partial charge is 0.294 e. The Kier molecular flexibility index (Phi) is 5.77. The van der Waals surface area contributed by atoms with Gasteiger partial charge in [-0.3, -0.25) is 14.5 Å². The van der Waals surface area contributed by atoms with Gasteiger partial charge in [0.05, 0.1) is 22.2 Å². The number of para-hydroxylation sites is 1. The van der Waals surface area contributed by atoms with Gasteiger partial charge in [0.25, 0.3) is 5.91 Å². The lowest BCUT2D eigenvalue weighted by Crippen LogP contribution is -2.31. The zero-order valence-corrected chi connectivity index (χ0v) is 19.7. The summed E-state index contributed by atoms with van der Waals surface area (Å²) in [6.45, 7) is 1.76. The van der Waals surface area contributed by atoms with Gasteiger partial charge in [0.15, 0.2) is 5.76 Å². The van der Waals surface area contributed by atoms with Gasteiger partial charge >= 0.3 is 0 Å². The van der Waals surface area contributed by atoms with Crippen LogP contribution >= 0.6 is 22.9 Å². The van der Waals surface area contributed by atoms with E-state index in [1.54, 1.807) is 55.5 Å². The summed E-state index contributed by atoms with van der Waals surface area (Å²) < 4.78 is 0. The van der Waals surface area contributed by atoms with Crippen LogP contribution in [0.15, 0.2) is 96.3 Å². The number of hydrogen-bond donors (Lipinski definition) is 1. The highest BCUT2D eigenvalue weighted by molar-refractivity contribution is 7.17. The van der Waals surface area contributed by atoms with E-state index in [0.717, 1.165) is 5.56 Å². The van der Waals surface area contributed by atoms with E-state index in [1.165, 1.54) is 16.2 Å². The molecule has 7 heteroatoms. The van der Waals surface area contributed by atoms with E-state index < -0.39 is 23.5 Å². The summed E-state index contributed by atoms with van der Waals surface area (Å²) in [5, 5.41) is 12.2. The minimum atomic E-state index is -0.804. The maximum atomic E-state index is 13.8. The molecule has 0 saturated carbocycles. The molecule has 5 nitrogen and oxygen atoms in total. The molecule has 0 spiro atoms. The van der Waals surface area contributed by atoms with Gasteiger partial charge in [-0.2, -0.15) is 0 Å². The van der Waals surface area contributed by atoms with Crippen LogP contribution in [-0.2, 0) is 4.79 Å². The molecule has 1 unspecified atom stereocenters. The number of benzene rings is 3. The molecule has 0 aliphatic carbocycles. The number of rotatable bonds is 5. The summed E-state index contributed by atoms with van der Waals surface area (Å²) in [6, 6.07) is 24.7. The molecule has 1 aliphatic rings. The number of carbonyl (C=O) groups is 2. The van der Waals surface area contributed by atoms with Crippen molar-refractivity contribution in [2.75, 3.05) is 4.90 Å². The number of ketones is 1. The molecule has 0 fully saturated rings. The van der Waals surface area contributed by atoms with Crippen molar-refractivity contribution in [3.8, 4) is 10.6 Å². The Labute approximate surface area is 205 Å². The number of halogens is 1. The molecular weight excluding hydrogens is 468 g/mol. The summed E-state index contributed by atoms with van der Waals surface area (Å²) in [6.07, 6.45) is 0. The van der Waals surface area contributed by atoms with E-state index in [4.69, 9.17) is 11.6 Å². The van der Waals surface area contributed by atoms with Gasteiger partial charge in [0.1, 0.15) is 5.01 Å². The van der Waals surface area contributed by atoms with Crippen molar-refractivity contribution in [1.82, 2.24) is 4.98 Å². The van der Waals surface area contributed by atoms with Crippen molar-refractivity contribution < 1.29 is 14.7 Å². The van der Waals surface area contributed by atoms with Crippen molar-refractivity contribution in [2.24, 2.45) is 0 Å². The Morgan fingerprint density at radius 2 is 1.59 bits per heavy atom. The van der Waals surface area contributed by atoms with E-state index >= 15 is 0 Å². The summed E-state index contributed by atoms with van der Waals surface area (Å²) in [7, 11) is 0. The molecule has 4 aromatic rings. The van der Waals surface area contributed by atoms with Crippen molar-refractivity contribution in [3.05, 3.63) is 117 Å². The largest absolute Gasteiger partial charge is 0.503 e. The summed E-state index contributed by atoms with van der Waals surface area (Å²) in [4.78, 5) is 33.5. The second-order valence-corrected chi connectivity index (χ2v) is 9.29. The zero-order chi connectivity index (χ0) is 23.8. The zero-order valence-electron chi connectivity index (χ0n) is 18.1. The molecule has 168 valence electrons. The molecule has 1 aromatic heterocycles. The molecule has 5 rings (SSSR count). The van der Waals surface area contributed by atoms with E-state index in [1.807, 2.05) is 36.4 Å². The van der Waals surface area contributed by atoms with Gasteiger partial charge in [0.2, 0.25) is 5.78 Å². The second-order valence-electron chi connectivity index (χ2n) is 7.86. The molecule has 3 aromatic carbocycles. The first-order valence-electron chi connectivity index (χ1n) is 10.6. The Bertz CT molecular complexity index is 1410. The molecule has 0 saturated heterocycles. The first-order valence-corrected chi connectivity index (χ1v) is 11.8. The third kappa shape index (κ3) is 3.81. The first kappa shape index (κ1) is 22.1. The Hall–Kier alpha value is -3.74. The van der Waals surface area contributed by atoms with E-state index in [2.05, 4.69) is 4.98 Å². The van der Waals surface area contributed by atoms with Crippen LogP contribution in [0, 0.1) is 6.92 Å². The summed E-state index contributed by atoms with van der Waals surface area (Å²) >= 11 is 7.34. The van der Waals surface area contributed by atoms with Crippen LogP contribution in [0.25, 0.3) is 10.6 Å². The van der Waals surface area contributed by atoms with Crippen LogP contribution in [-0.4, -0.2) is 21.8 Å².